The fourth-order valence-corrected chi connectivity index (χ4v) is 2.58. The summed E-state index contributed by atoms with van der Waals surface area (Å²) in [5.74, 6) is -0.345. The number of piperidine rings is 1. The first-order valence-electron chi connectivity index (χ1n) is 6.77. The number of aromatic nitrogens is 1. The maximum Gasteiger partial charge on any atom is 0.251 e. The number of pyridine rings is 1. The molecule has 1 aliphatic heterocycles. The number of nitrogens with one attached hydrogen (secondary N) is 1. The number of nitrogens with two attached hydrogens (primary N) is 1. The Morgan fingerprint density at radius 2 is 2.10 bits per heavy atom. The highest BCUT2D eigenvalue weighted by Crippen LogP contribution is 2.29. The van der Waals surface area contributed by atoms with E-state index >= 15 is 0 Å². The van der Waals surface area contributed by atoms with Crippen molar-refractivity contribution in [2.45, 2.75) is 18.9 Å². The maximum atomic E-state index is 12.1. The molecular weight excluding hydrogens is 268 g/mol. The number of nitrogen functional groups attached to an aromatic ring is 1. The molecule has 0 radical (unpaired) electrons. The summed E-state index contributed by atoms with van der Waals surface area (Å²) in [5.41, 5.74) is 7.42. The number of benzene rings is 1. The van der Waals surface area contributed by atoms with Gasteiger partial charge < -0.3 is 11.1 Å². The van der Waals surface area contributed by atoms with Crippen LogP contribution in [0.5, 0.6) is 0 Å². The zero-order valence-corrected chi connectivity index (χ0v) is 11.7. The number of hydrogen-bond acceptors (Lipinski definition) is 5. The van der Waals surface area contributed by atoms with Crippen LogP contribution in [0.15, 0.2) is 30.6 Å². The molecule has 6 heteroatoms. The van der Waals surface area contributed by atoms with Crippen molar-refractivity contribution in [1.82, 2.24) is 9.88 Å². The zero-order chi connectivity index (χ0) is 15.0. The molecule has 0 aliphatic carbocycles. The lowest BCUT2D eigenvalue weighted by Gasteiger charge is -2.29. The number of hydrogen-bond donors (Lipinski definition) is 2. The molecule has 6 nitrogen and oxygen atoms in total. The van der Waals surface area contributed by atoms with Gasteiger partial charge in [-0.2, -0.15) is 0 Å². The zero-order valence-electron chi connectivity index (χ0n) is 11.7. The molecular formula is C15H16N4O2. The SMILES string of the molecule is CN1C(=O)CCC(Nc2ccc(N)c3ccncc23)C1=O. The minimum Gasteiger partial charge on any atom is -0.398 e. The third-order valence-electron chi connectivity index (χ3n) is 3.83. The lowest BCUT2D eigenvalue weighted by atomic mass is 10.0. The number of imide groups is 1. The van der Waals surface area contributed by atoms with Gasteiger partial charge in [0.15, 0.2) is 0 Å². The lowest BCUT2D eigenvalue weighted by molar-refractivity contribution is -0.146. The second-order valence-electron chi connectivity index (χ2n) is 5.15. The van der Waals surface area contributed by atoms with Crippen LogP contribution in [-0.4, -0.2) is 34.8 Å². The predicted octanol–water partition coefficient (Wildman–Crippen LogP) is 1.38. The Kier molecular flexibility index (Phi) is 3.21. The number of likely N-dealkylation sites (N-methyl/N-ethyl adjacent to an activating group) is 1. The van der Waals surface area contributed by atoms with E-state index < -0.39 is 6.04 Å². The molecule has 0 saturated carbocycles. The summed E-state index contributed by atoms with van der Waals surface area (Å²) in [7, 11) is 1.52. The van der Waals surface area contributed by atoms with Crippen molar-refractivity contribution in [3.63, 3.8) is 0 Å². The van der Waals surface area contributed by atoms with Gasteiger partial charge in [-0.05, 0) is 24.6 Å². The van der Waals surface area contributed by atoms with E-state index in [2.05, 4.69) is 10.3 Å². The summed E-state index contributed by atoms with van der Waals surface area (Å²) in [6, 6.07) is 5.07. The Labute approximate surface area is 121 Å². The van der Waals surface area contributed by atoms with E-state index in [1.54, 1.807) is 18.5 Å². The molecule has 3 rings (SSSR count). The quantitative estimate of drug-likeness (QED) is 0.642. The molecule has 2 aromatic rings. The van der Waals surface area contributed by atoms with Gasteiger partial charge in [-0.1, -0.05) is 0 Å². The summed E-state index contributed by atoms with van der Waals surface area (Å²) < 4.78 is 0. The number of amides is 2. The number of likely N-dealkylation sites (tertiary alicyclic amines) is 1. The van der Waals surface area contributed by atoms with Crippen LogP contribution in [0.2, 0.25) is 0 Å². The summed E-state index contributed by atoms with van der Waals surface area (Å²) in [6.45, 7) is 0. The highest BCUT2D eigenvalue weighted by atomic mass is 16.2. The molecule has 1 saturated heterocycles. The number of rotatable bonds is 2. The summed E-state index contributed by atoms with van der Waals surface area (Å²) in [4.78, 5) is 28.9. The van der Waals surface area contributed by atoms with Crippen molar-refractivity contribution < 1.29 is 9.59 Å². The van der Waals surface area contributed by atoms with E-state index in [1.807, 2.05) is 12.1 Å². The summed E-state index contributed by atoms with van der Waals surface area (Å²) in [6.07, 6.45) is 4.26. The van der Waals surface area contributed by atoms with Crippen LogP contribution < -0.4 is 11.1 Å². The van der Waals surface area contributed by atoms with Crippen molar-refractivity contribution >= 4 is 34.0 Å². The van der Waals surface area contributed by atoms with E-state index in [4.69, 9.17) is 5.73 Å². The van der Waals surface area contributed by atoms with Crippen LogP contribution in [0, 0.1) is 0 Å². The first-order chi connectivity index (χ1) is 10.1. The Morgan fingerprint density at radius 1 is 1.29 bits per heavy atom. The number of carbonyl (C=O) groups is 2. The van der Waals surface area contributed by atoms with Crippen LogP contribution in [0.1, 0.15) is 12.8 Å². The maximum absolute atomic E-state index is 12.1. The molecule has 1 atom stereocenters. The highest BCUT2D eigenvalue weighted by Gasteiger charge is 2.31. The van der Waals surface area contributed by atoms with Crippen LogP contribution in [0.25, 0.3) is 10.8 Å². The highest BCUT2D eigenvalue weighted by molar-refractivity contribution is 6.04. The van der Waals surface area contributed by atoms with Crippen LogP contribution >= 0.6 is 0 Å². The molecule has 1 aliphatic rings. The molecule has 0 spiro atoms. The van der Waals surface area contributed by atoms with E-state index in [1.165, 1.54) is 11.9 Å². The monoisotopic (exact) mass is 284 g/mol. The molecule has 1 aromatic heterocycles. The van der Waals surface area contributed by atoms with Crippen molar-refractivity contribution in [3.8, 4) is 0 Å². The van der Waals surface area contributed by atoms with Gasteiger partial charge in [0, 0.05) is 48.0 Å². The summed E-state index contributed by atoms with van der Waals surface area (Å²) >= 11 is 0. The van der Waals surface area contributed by atoms with E-state index in [-0.39, 0.29) is 11.8 Å². The topological polar surface area (TPSA) is 88.3 Å². The third kappa shape index (κ3) is 2.29. The average Bonchev–Trinajstić information content (AvgIpc) is 2.50. The molecule has 21 heavy (non-hydrogen) atoms. The molecule has 2 amide bonds. The van der Waals surface area contributed by atoms with Gasteiger partial charge in [-0.15, -0.1) is 0 Å². The second kappa shape index (κ2) is 5.05. The first-order valence-corrected chi connectivity index (χ1v) is 6.77. The van der Waals surface area contributed by atoms with E-state index in [0.717, 1.165) is 16.5 Å². The number of nitrogens with zero attached hydrogens (tertiary/aromatic N) is 2. The van der Waals surface area contributed by atoms with Crippen molar-refractivity contribution in [2.24, 2.45) is 0 Å². The molecule has 3 N–H and O–H groups in total. The number of carbonyl (C=O) groups excluding carboxylic acids is 2. The smallest absolute Gasteiger partial charge is 0.251 e. The second-order valence-corrected chi connectivity index (χ2v) is 5.15. The Balaban J connectivity index is 1.94. The van der Waals surface area contributed by atoms with Crippen LogP contribution in [0.3, 0.4) is 0 Å². The minimum atomic E-state index is -0.403. The fraction of sp³-hybridized carbons (Fsp3) is 0.267. The standard InChI is InChI=1S/C15H16N4O2/c1-19-14(20)5-4-13(15(19)21)18-12-3-2-11(16)9-6-7-17-8-10(9)12/h2-3,6-8,13,18H,4-5,16H2,1H3. The number of anilines is 2. The molecule has 1 unspecified atom stereocenters. The average molecular weight is 284 g/mol. The van der Waals surface area contributed by atoms with Gasteiger partial charge >= 0.3 is 0 Å². The van der Waals surface area contributed by atoms with Crippen LogP contribution in [0.4, 0.5) is 11.4 Å². The Hall–Kier alpha value is -2.63. The van der Waals surface area contributed by atoms with Crippen molar-refractivity contribution in [1.29, 1.82) is 0 Å². The molecule has 0 bridgehead atoms. The third-order valence-corrected chi connectivity index (χ3v) is 3.83. The van der Waals surface area contributed by atoms with Gasteiger partial charge in [-0.25, -0.2) is 0 Å². The fourth-order valence-electron chi connectivity index (χ4n) is 2.58. The molecule has 108 valence electrons. The van der Waals surface area contributed by atoms with E-state index in [9.17, 15) is 9.59 Å². The molecule has 1 aromatic carbocycles. The minimum absolute atomic E-state index is 0.137. The Morgan fingerprint density at radius 3 is 2.90 bits per heavy atom. The number of fused-ring (bicyclic) bond motifs is 1. The molecule has 2 heterocycles. The predicted molar refractivity (Wildman–Crippen MR) is 80.6 cm³/mol. The lowest BCUT2D eigenvalue weighted by Crippen LogP contribution is -2.48. The first kappa shape index (κ1) is 13.4. The summed E-state index contributed by atoms with van der Waals surface area (Å²) in [5, 5.41) is 4.97. The van der Waals surface area contributed by atoms with Gasteiger partial charge in [-0.3, -0.25) is 19.5 Å². The van der Waals surface area contributed by atoms with Gasteiger partial charge in [0.2, 0.25) is 5.91 Å². The largest absolute Gasteiger partial charge is 0.398 e. The van der Waals surface area contributed by atoms with Crippen molar-refractivity contribution in [2.75, 3.05) is 18.1 Å². The van der Waals surface area contributed by atoms with Gasteiger partial charge in [0.1, 0.15) is 6.04 Å². The Bertz CT molecular complexity index is 729. The van der Waals surface area contributed by atoms with Gasteiger partial charge in [0.25, 0.3) is 5.91 Å². The van der Waals surface area contributed by atoms with Gasteiger partial charge in [0.05, 0.1) is 0 Å². The normalized spacial score (nSPS) is 19.1. The molecule has 1 fully saturated rings. The van der Waals surface area contributed by atoms with E-state index in [0.29, 0.717) is 18.5 Å². The van der Waals surface area contributed by atoms with Crippen molar-refractivity contribution in [3.05, 3.63) is 30.6 Å². The van der Waals surface area contributed by atoms with Crippen LogP contribution in [-0.2, 0) is 9.59 Å².